The van der Waals surface area contributed by atoms with Crippen LogP contribution >= 0.6 is 12.4 Å². The first-order valence-corrected chi connectivity index (χ1v) is 4.46. The lowest BCUT2D eigenvalue weighted by Gasteiger charge is -2.01. The van der Waals surface area contributed by atoms with Gasteiger partial charge in [0, 0.05) is 0 Å². The Morgan fingerprint density at radius 2 is 1.87 bits per heavy atom. The van der Waals surface area contributed by atoms with Crippen molar-refractivity contribution in [3.05, 3.63) is 35.9 Å². The van der Waals surface area contributed by atoms with Crippen LogP contribution in [0.4, 0.5) is 0 Å². The van der Waals surface area contributed by atoms with E-state index in [2.05, 4.69) is 4.99 Å². The molecule has 0 bridgehead atoms. The molecule has 15 heavy (non-hydrogen) atoms. The molecule has 5 heteroatoms. The highest BCUT2D eigenvalue weighted by molar-refractivity contribution is 5.85. The van der Waals surface area contributed by atoms with Crippen molar-refractivity contribution in [3.8, 4) is 0 Å². The van der Waals surface area contributed by atoms with Gasteiger partial charge in [-0.25, -0.2) is 0 Å². The van der Waals surface area contributed by atoms with E-state index in [0.717, 1.165) is 5.56 Å². The number of halogens is 1. The van der Waals surface area contributed by atoms with Crippen LogP contribution in [0.1, 0.15) is 5.56 Å². The van der Waals surface area contributed by atoms with Crippen LogP contribution in [-0.4, -0.2) is 19.1 Å². The summed E-state index contributed by atoms with van der Waals surface area (Å²) in [6.07, 6.45) is 0. The van der Waals surface area contributed by atoms with Crippen molar-refractivity contribution >= 4 is 18.4 Å². The third-order valence-corrected chi connectivity index (χ3v) is 1.64. The predicted molar refractivity (Wildman–Crippen MR) is 64.0 cm³/mol. The highest BCUT2D eigenvalue weighted by Crippen LogP contribution is 1.99. The molecule has 0 aliphatic rings. The highest BCUT2D eigenvalue weighted by Gasteiger charge is 1.90. The van der Waals surface area contributed by atoms with Gasteiger partial charge in [-0.2, -0.15) is 0 Å². The lowest BCUT2D eigenvalue weighted by Crippen LogP contribution is -2.23. The van der Waals surface area contributed by atoms with Crippen molar-refractivity contribution in [2.24, 2.45) is 16.5 Å². The smallest absolute Gasteiger partial charge is 0.185 e. The van der Waals surface area contributed by atoms with E-state index in [1.807, 2.05) is 30.3 Å². The van der Waals surface area contributed by atoms with Crippen LogP contribution < -0.4 is 11.5 Å². The Kier molecular flexibility index (Phi) is 7.40. The lowest BCUT2D eigenvalue weighted by molar-refractivity contribution is 0.128. The van der Waals surface area contributed by atoms with Gasteiger partial charge in [0.15, 0.2) is 5.96 Å². The minimum atomic E-state index is 0. The quantitative estimate of drug-likeness (QED) is 0.448. The summed E-state index contributed by atoms with van der Waals surface area (Å²) < 4.78 is 5.35. The number of nitrogens with zero attached hydrogens (tertiary/aromatic N) is 1. The van der Waals surface area contributed by atoms with Gasteiger partial charge in [-0.05, 0) is 5.56 Å². The van der Waals surface area contributed by atoms with Gasteiger partial charge in [0.2, 0.25) is 0 Å². The van der Waals surface area contributed by atoms with Crippen LogP contribution in [0.25, 0.3) is 0 Å². The first-order valence-electron chi connectivity index (χ1n) is 4.46. The van der Waals surface area contributed by atoms with Crippen LogP contribution in [0, 0.1) is 0 Å². The number of aliphatic imine (C=N–C) groups is 1. The molecule has 4 N–H and O–H groups in total. The molecule has 84 valence electrons. The molecule has 0 aliphatic carbocycles. The summed E-state index contributed by atoms with van der Waals surface area (Å²) in [6.45, 7) is 1.64. The van der Waals surface area contributed by atoms with Crippen molar-refractivity contribution in [2.45, 2.75) is 6.61 Å². The molecule has 1 aromatic carbocycles. The summed E-state index contributed by atoms with van der Waals surface area (Å²) in [5, 5.41) is 0. The third kappa shape index (κ3) is 6.76. The van der Waals surface area contributed by atoms with Crippen LogP contribution in [0.15, 0.2) is 35.3 Å². The summed E-state index contributed by atoms with van der Waals surface area (Å²) in [5.74, 6) is 0.105. The summed E-state index contributed by atoms with van der Waals surface area (Å²) in [5.41, 5.74) is 11.5. The lowest BCUT2D eigenvalue weighted by atomic mass is 10.2. The number of rotatable bonds is 5. The fourth-order valence-corrected chi connectivity index (χ4v) is 1.00. The largest absolute Gasteiger partial charge is 0.375 e. The predicted octanol–water partition coefficient (Wildman–Crippen LogP) is 0.898. The Balaban J connectivity index is 0.00000196. The second-order valence-electron chi connectivity index (χ2n) is 2.84. The van der Waals surface area contributed by atoms with E-state index in [9.17, 15) is 0 Å². The second-order valence-corrected chi connectivity index (χ2v) is 2.84. The molecule has 0 aliphatic heterocycles. The van der Waals surface area contributed by atoms with E-state index < -0.39 is 0 Å². The molecule has 0 heterocycles. The minimum Gasteiger partial charge on any atom is -0.375 e. The normalized spacial score (nSPS) is 9.07. The number of hydrogen-bond acceptors (Lipinski definition) is 2. The standard InChI is InChI=1S/C10H15N3O.ClH/c11-10(12)13-6-7-14-8-9-4-2-1-3-5-9;/h1-5H,6-8H2,(H4,11,12,13);1H. The first kappa shape index (κ1) is 13.7. The van der Waals surface area contributed by atoms with Crippen molar-refractivity contribution in [3.63, 3.8) is 0 Å². The van der Waals surface area contributed by atoms with Crippen molar-refractivity contribution in [1.29, 1.82) is 0 Å². The second kappa shape index (κ2) is 8.08. The molecule has 0 amide bonds. The average Bonchev–Trinajstić information content (AvgIpc) is 2.18. The van der Waals surface area contributed by atoms with E-state index in [0.29, 0.717) is 19.8 Å². The maximum atomic E-state index is 5.35. The van der Waals surface area contributed by atoms with Crippen LogP contribution in [0.5, 0.6) is 0 Å². The molecule has 0 unspecified atom stereocenters. The fourth-order valence-electron chi connectivity index (χ4n) is 1.00. The maximum absolute atomic E-state index is 5.35. The van der Waals surface area contributed by atoms with Gasteiger partial charge in [0.25, 0.3) is 0 Å². The number of nitrogens with two attached hydrogens (primary N) is 2. The molecule has 4 nitrogen and oxygen atoms in total. The van der Waals surface area contributed by atoms with Gasteiger partial charge in [0.1, 0.15) is 0 Å². The summed E-state index contributed by atoms with van der Waals surface area (Å²) in [4.78, 5) is 3.80. The van der Waals surface area contributed by atoms with Gasteiger partial charge >= 0.3 is 0 Å². The Hall–Kier alpha value is -1.26. The Labute approximate surface area is 95.7 Å². The number of guanidine groups is 1. The molecular weight excluding hydrogens is 214 g/mol. The molecule has 1 aromatic rings. The van der Waals surface area contributed by atoms with Crippen LogP contribution in [0.2, 0.25) is 0 Å². The van der Waals surface area contributed by atoms with Gasteiger partial charge in [-0.3, -0.25) is 4.99 Å². The molecule has 0 saturated heterocycles. The fraction of sp³-hybridized carbons (Fsp3) is 0.300. The Bertz CT molecular complexity index is 286. The minimum absolute atomic E-state index is 0. The number of benzene rings is 1. The number of hydrogen-bond donors (Lipinski definition) is 2. The van der Waals surface area contributed by atoms with Crippen LogP contribution in [-0.2, 0) is 11.3 Å². The van der Waals surface area contributed by atoms with E-state index in [1.165, 1.54) is 0 Å². The molecule has 0 spiro atoms. The van der Waals surface area contributed by atoms with Crippen molar-refractivity contribution in [2.75, 3.05) is 13.2 Å². The van der Waals surface area contributed by atoms with E-state index >= 15 is 0 Å². The van der Waals surface area contributed by atoms with Gasteiger partial charge < -0.3 is 16.2 Å². The van der Waals surface area contributed by atoms with E-state index in [1.54, 1.807) is 0 Å². The van der Waals surface area contributed by atoms with E-state index in [-0.39, 0.29) is 18.4 Å². The summed E-state index contributed by atoms with van der Waals surface area (Å²) in [7, 11) is 0. The third-order valence-electron chi connectivity index (χ3n) is 1.64. The summed E-state index contributed by atoms with van der Waals surface area (Å²) >= 11 is 0. The van der Waals surface area contributed by atoms with Gasteiger partial charge in [0.05, 0.1) is 19.8 Å². The Morgan fingerprint density at radius 1 is 1.20 bits per heavy atom. The molecular formula is C10H16ClN3O. The SMILES string of the molecule is Cl.NC(N)=NCCOCc1ccccc1. The molecule has 0 saturated carbocycles. The topological polar surface area (TPSA) is 73.6 Å². The molecule has 0 aromatic heterocycles. The van der Waals surface area contributed by atoms with E-state index in [4.69, 9.17) is 16.2 Å². The molecule has 0 atom stereocenters. The van der Waals surface area contributed by atoms with Crippen molar-refractivity contribution in [1.82, 2.24) is 0 Å². The first-order chi connectivity index (χ1) is 6.79. The van der Waals surface area contributed by atoms with Gasteiger partial charge in [-0.15, -0.1) is 12.4 Å². The Morgan fingerprint density at radius 3 is 2.47 bits per heavy atom. The van der Waals surface area contributed by atoms with Crippen molar-refractivity contribution < 1.29 is 4.74 Å². The molecule has 0 fully saturated rings. The van der Waals surface area contributed by atoms with Gasteiger partial charge in [-0.1, -0.05) is 30.3 Å². The number of ether oxygens (including phenoxy) is 1. The average molecular weight is 230 g/mol. The van der Waals surface area contributed by atoms with Crippen LogP contribution in [0.3, 0.4) is 0 Å². The summed E-state index contributed by atoms with van der Waals surface area (Å²) in [6, 6.07) is 9.97. The molecule has 1 rings (SSSR count). The monoisotopic (exact) mass is 229 g/mol. The molecule has 0 radical (unpaired) electrons. The maximum Gasteiger partial charge on any atom is 0.185 e. The zero-order chi connectivity index (χ0) is 10.2. The highest BCUT2D eigenvalue weighted by atomic mass is 35.5. The zero-order valence-corrected chi connectivity index (χ0v) is 9.24. The zero-order valence-electron chi connectivity index (χ0n) is 8.43.